The van der Waals surface area contributed by atoms with Crippen LogP contribution in [-0.2, 0) is 14.3 Å². The maximum Gasteiger partial charge on any atom is 0.411 e. The van der Waals surface area contributed by atoms with E-state index in [-0.39, 0.29) is 6.42 Å². The van der Waals surface area contributed by atoms with Crippen LogP contribution in [0.1, 0.15) is 38.3 Å². The van der Waals surface area contributed by atoms with E-state index in [0.29, 0.717) is 29.0 Å². The number of alkyl carbamates (subject to hydrolysis) is 1. The lowest BCUT2D eigenvalue weighted by atomic mass is 9.89. The first-order valence-corrected chi connectivity index (χ1v) is 11.6. The number of hydrogen-bond donors (Lipinski definition) is 4. The number of nitrogens with two attached hydrogens (primary N) is 1. The Balaban J connectivity index is 1.85. The van der Waals surface area contributed by atoms with Crippen LogP contribution in [0.2, 0.25) is 0 Å². The summed E-state index contributed by atoms with van der Waals surface area (Å²) in [5, 5.41) is 12.1. The molecule has 0 aliphatic heterocycles. The van der Waals surface area contributed by atoms with Gasteiger partial charge in [0.25, 0.3) is 5.91 Å². The normalized spacial score (nSPS) is 15.9. The Kier molecular flexibility index (Phi) is 8.59. The minimum atomic E-state index is -1.75. The first-order valence-electron chi connectivity index (χ1n) is 11.6. The standard InChI is InChI=1S/C29H28N4O5/c1-28(2,3)38-27(36)31-24-9-6-18-29(19-24,26(35)32-37)33(20-34)25-16-12-22(13-17-25)8-5-4-7-21-10-14-23(30)15-11-21/h6,10-20,37H,9,30H2,1-3H3,(H,31,36)(H,32,35)/t29-/m0/s1. The van der Waals surface area contributed by atoms with Gasteiger partial charge < -0.3 is 10.5 Å². The summed E-state index contributed by atoms with van der Waals surface area (Å²) in [6, 6.07) is 13.7. The van der Waals surface area contributed by atoms with Gasteiger partial charge in [-0.15, -0.1) is 0 Å². The number of hydroxylamine groups is 1. The number of nitrogen functional groups attached to an aromatic ring is 1. The van der Waals surface area contributed by atoms with Gasteiger partial charge in [0.2, 0.25) is 6.41 Å². The van der Waals surface area contributed by atoms with E-state index in [0.717, 1.165) is 10.5 Å². The van der Waals surface area contributed by atoms with Gasteiger partial charge in [0.05, 0.1) is 0 Å². The van der Waals surface area contributed by atoms with E-state index in [4.69, 9.17) is 10.5 Å². The van der Waals surface area contributed by atoms with Crippen LogP contribution in [0.15, 0.2) is 72.5 Å². The third-order valence-electron chi connectivity index (χ3n) is 5.27. The van der Waals surface area contributed by atoms with Gasteiger partial charge in [0.1, 0.15) is 5.60 Å². The molecule has 2 aromatic carbocycles. The van der Waals surface area contributed by atoms with Crippen molar-refractivity contribution in [2.75, 3.05) is 10.6 Å². The number of anilines is 2. The van der Waals surface area contributed by atoms with Crippen LogP contribution in [-0.4, -0.2) is 34.8 Å². The highest BCUT2D eigenvalue weighted by atomic mass is 16.6. The molecule has 0 saturated carbocycles. The van der Waals surface area contributed by atoms with Crippen LogP contribution in [0, 0.1) is 23.7 Å². The van der Waals surface area contributed by atoms with E-state index < -0.39 is 23.1 Å². The van der Waals surface area contributed by atoms with Crippen molar-refractivity contribution in [3.05, 3.63) is 83.6 Å². The topological polar surface area (TPSA) is 134 Å². The van der Waals surface area contributed by atoms with E-state index in [1.165, 1.54) is 12.2 Å². The van der Waals surface area contributed by atoms with Crippen LogP contribution in [0.3, 0.4) is 0 Å². The zero-order valence-corrected chi connectivity index (χ0v) is 21.2. The second-order valence-corrected chi connectivity index (χ2v) is 9.31. The molecule has 0 saturated heterocycles. The van der Waals surface area contributed by atoms with E-state index in [1.54, 1.807) is 80.9 Å². The molecule has 9 heteroatoms. The van der Waals surface area contributed by atoms with E-state index >= 15 is 0 Å². The van der Waals surface area contributed by atoms with Gasteiger partial charge in [-0.3, -0.25) is 25.0 Å². The van der Waals surface area contributed by atoms with Crippen molar-refractivity contribution in [1.29, 1.82) is 0 Å². The zero-order valence-electron chi connectivity index (χ0n) is 21.2. The van der Waals surface area contributed by atoms with Gasteiger partial charge in [-0.1, -0.05) is 17.9 Å². The average molecular weight is 513 g/mol. The van der Waals surface area contributed by atoms with Gasteiger partial charge in [-0.05, 0) is 93.3 Å². The quantitative estimate of drug-likeness (QED) is 0.121. The fraction of sp³-hybridized carbons (Fsp3) is 0.207. The molecular formula is C29H28N4O5. The number of hydrogen-bond acceptors (Lipinski definition) is 6. The van der Waals surface area contributed by atoms with Gasteiger partial charge >= 0.3 is 6.09 Å². The molecule has 3 amide bonds. The summed E-state index contributed by atoms with van der Waals surface area (Å²) in [5.74, 6) is 10.5. The number of benzene rings is 2. The van der Waals surface area contributed by atoms with Crippen LogP contribution in [0.5, 0.6) is 0 Å². The first kappa shape index (κ1) is 27.6. The number of carbonyl (C=O) groups excluding carboxylic acids is 3. The molecule has 1 atom stereocenters. The van der Waals surface area contributed by atoms with Crippen LogP contribution < -0.4 is 21.4 Å². The van der Waals surface area contributed by atoms with E-state index in [9.17, 15) is 19.6 Å². The van der Waals surface area contributed by atoms with Crippen molar-refractivity contribution >= 4 is 29.8 Å². The minimum absolute atomic E-state index is 0.276. The van der Waals surface area contributed by atoms with Crippen molar-refractivity contribution < 1.29 is 24.3 Å². The molecule has 0 unspecified atom stereocenters. The molecule has 1 aliphatic carbocycles. The Labute approximate surface area is 221 Å². The highest BCUT2D eigenvalue weighted by molar-refractivity contribution is 6.00. The molecule has 0 aromatic heterocycles. The number of rotatable bonds is 5. The summed E-state index contributed by atoms with van der Waals surface area (Å²) in [5.41, 5.74) is 7.53. The number of amides is 3. The molecule has 0 spiro atoms. The van der Waals surface area contributed by atoms with Gasteiger partial charge in [0.15, 0.2) is 5.54 Å². The maximum absolute atomic E-state index is 12.9. The van der Waals surface area contributed by atoms with Crippen molar-refractivity contribution in [3.8, 4) is 23.7 Å². The van der Waals surface area contributed by atoms with Crippen LogP contribution in [0.25, 0.3) is 0 Å². The van der Waals surface area contributed by atoms with Crippen molar-refractivity contribution in [2.24, 2.45) is 0 Å². The fourth-order valence-electron chi connectivity index (χ4n) is 3.59. The fourth-order valence-corrected chi connectivity index (χ4v) is 3.59. The lowest BCUT2D eigenvalue weighted by Gasteiger charge is -2.37. The second kappa shape index (κ2) is 11.8. The Hall–Kier alpha value is -4.99. The van der Waals surface area contributed by atoms with E-state index in [2.05, 4.69) is 29.0 Å². The summed E-state index contributed by atoms with van der Waals surface area (Å²) < 4.78 is 5.27. The lowest BCUT2D eigenvalue weighted by Crippen LogP contribution is -2.57. The van der Waals surface area contributed by atoms with Crippen molar-refractivity contribution in [2.45, 2.75) is 38.3 Å². The molecule has 2 aromatic rings. The van der Waals surface area contributed by atoms with Crippen LogP contribution in [0.4, 0.5) is 16.2 Å². The van der Waals surface area contributed by atoms with Gasteiger partial charge in [-0.2, -0.15) is 0 Å². The maximum atomic E-state index is 12.9. The lowest BCUT2D eigenvalue weighted by molar-refractivity contribution is -0.132. The Morgan fingerprint density at radius 2 is 1.63 bits per heavy atom. The SMILES string of the molecule is CC(C)(C)OC(=O)NC1=C[C@@](C(=O)NO)(N(C=O)c2ccc(C#CC#Cc3ccc(N)cc3)cc2)C=CC1. The predicted octanol–water partition coefficient (Wildman–Crippen LogP) is 3.25. The smallest absolute Gasteiger partial charge is 0.411 e. The number of nitrogens with zero attached hydrogens (tertiary/aromatic N) is 1. The first-order chi connectivity index (χ1) is 18.1. The monoisotopic (exact) mass is 512 g/mol. The third kappa shape index (κ3) is 7.03. The average Bonchev–Trinajstić information content (AvgIpc) is 2.87. The van der Waals surface area contributed by atoms with Crippen LogP contribution >= 0.6 is 0 Å². The predicted molar refractivity (Wildman–Crippen MR) is 143 cm³/mol. The molecule has 0 fully saturated rings. The second-order valence-electron chi connectivity index (χ2n) is 9.31. The molecule has 0 heterocycles. The summed E-state index contributed by atoms with van der Waals surface area (Å²) in [7, 11) is 0. The molecule has 0 radical (unpaired) electrons. The molecule has 5 N–H and O–H groups in total. The summed E-state index contributed by atoms with van der Waals surface area (Å²) in [6.07, 6.45) is 4.49. The summed E-state index contributed by atoms with van der Waals surface area (Å²) >= 11 is 0. The Morgan fingerprint density at radius 3 is 2.16 bits per heavy atom. The summed E-state index contributed by atoms with van der Waals surface area (Å²) in [6.45, 7) is 5.17. The van der Waals surface area contributed by atoms with Gasteiger partial charge in [-0.25, -0.2) is 10.3 Å². The van der Waals surface area contributed by atoms with Gasteiger partial charge in [0, 0.05) is 34.6 Å². The van der Waals surface area contributed by atoms with E-state index in [1.807, 2.05) is 0 Å². The number of nitrogens with one attached hydrogen (secondary N) is 2. The molecule has 38 heavy (non-hydrogen) atoms. The minimum Gasteiger partial charge on any atom is -0.444 e. The Bertz CT molecular complexity index is 1380. The molecule has 3 rings (SSSR count). The molecule has 1 aliphatic rings. The van der Waals surface area contributed by atoms with Crippen molar-refractivity contribution in [1.82, 2.24) is 10.8 Å². The number of carbonyl (C=O) groups is 3. The van der Waals surface area contributed by atoms with Crippen molar-refractivity contribution in [3.63, 3.8) is 0 Å². The number of ether oxygens (including phenoxy) is 1. The largest absolute Gasteiger partial charge is 0.444 e. The highest BCUT2D eigenvalue weighted by Gasteiger charge is 2.42. The highest BCUT2D eigenvalue weighted by Crippen LogP contribution is 2.30. The molecular weight excluding hydrogens is 484 g/mol. The molecule has 194 valence electrons. The zero-order chi connectivity index (χ0) is 27.8. The molecule has 0 bridgehead atoms. The summed E-state index contributed by atoms with van der Waals surface area (Å²) in [4.78, 5) is 38.5. The molecule has 9 nitrogen and oxygen atoms in total. The Morgan fingerprint density at radius 1 is 1.05 bits per heavy atom. The number of allylic oxidation sites excluding steroid dienone is 1. The third-order valence-corrected chi connectivity index (χ3v) is 5.27.